The van der Waals surface area contributed by atoms with E-state index in [1.54, 1.807) is 23.1 Å². The third-order valence-corrected chi connectivity index (χ3v) is 7.43. The number of hydrogen-bond donors (Lipinski definition) is 0. The van der Waals surface area contributed by atoms with Gasteiger partial charge in [-0.25, -0.2) is 0 Å². The van der Waals surface area contributed by atoms with Gasteiger partial charge in [-0.15, -0.1) is 0 Å². The van der Waals surface area contributed by atoms with Crippen LogP contribution < -0.4 is 19.8 Å². The molecule has 6 nitrogen and oxygen atoms in total. The van der Waals surface area contributed by atoms with Gasteiger partial charge in [0.25, 0.3) is 5.91 Å². The lowest BCUT2D eigenvalue weighted by molar-refractivity contribution is 0.0971. The zero-order chi connectivity index (χ0) is 27.0. The minimum atomic E-state index is -0.692. The monoisotopic (exact) mass is 575 g/mol. The van der Waals surface area contributed by atoms with Gasteiger partial charge in [-0.3, -0.25) is 14.5 Å². The average molecular weight is 576 g/mol. The molecular formula is C31H30BrNO5. The number of anilines is 1. The second-order valence-corrected chi connectivity index (χ2v) is 10.4. The molecule has 0 spiro atoms. The van der Waals surface area contributed by atoms with Gasteiger partial charge in [-0.1, -0.05) is 41.4 Å². The molecule has 5 rings (SSSR count). The van der Waals surface area contributed by atoms with Crippen LogP contribution in [0, 0.1) is 13.8 Å². The third kappa shape index (κ3) is 4.60. The second-order valence-electron chi connectivity index (χ2n) is 9.50. The van der Waals surface area contributed by atoms with E-state index in [-0.39, 0.29) is 17.1 Å². The summed E-state index contributed by atoms with van der Waals surface area (Å²) in [6.07, 6.45) is 1.95. The van der Waals surface area contributed by atoms with E-state index in [0.717, 1.165) is 34.0 Å². The molecule has 4 aromatic rings. The fourth-order valence-electron chi connectivity index (χ4n) is 4.81. The van der Waals surface area contributed by atoms with Gasteiger partial charge in [-0.2, -0.15) is 0 Å². The zero-order valence-corrected chi connectivity index (χ0v) is 23.6. The number of halogens is 1. The molecule has 0 radical (unpaired) electrons. The maximum absolute atomic E-state index is 13.9. The molecular weight excluding hydrogens is 546 g/mol. The van der Waals surface area contributed by atoms with Crippen LogP contribution in [0.5, 0.6) is 11.5 Å². The summed E-state index contributed by atoms with van der Waals surface area (Å²) >= 11 is 3.45. The SMILES string of the molecule is CCCCOc1ccc(C2c3c(oc4ccc(Br)cc4c3=O)C(=O)N2c2ccc(C)c(C)c2)cc1OCC. The Labute approximate surface area is 230 Å². The van der Waals surface area contributed by atoms with Crippen LogP contribution in [0.2, 0.25) is 0 Å². The molecule has 1 aliphatic rings. The summed E-state index contributed by atoms with van der Waals surface area (Å²) in [7, 11) is 0. The summed E-state index contributed by atoms with van der Waals surface area (Å²) in [6.45, 7) is 9.09. The normalized spacial score (nSPS) is 14.7. The first kappa shape index (κ1) is 26.0. The Bertz CT molecular complexity index is 1590. The zero-order valence-electron chi connectivity index (χ0n) is 22.0. The van der Waals surface area contributed by atoms with Crippen molar-refractivity contribution in [1.29, 1.82) is 0 Å². The molecule has 2 heterocycles. The predicted octanol–water partition coefficient (Wildman–Crippen LogP) is 7.50. The minimum Gasteiger partial charge on any atom is -0.490 e. The first-order valence-corrected chi connectivity index (χ1v) is 13.7. The minimum absolute atomic E-state index is 0.0642. The number of fused-ring (bicyclic) bond motifs is 2. The first-order valence-electron chi connectivity index (χ1n) is 12.9. The highest BCUT2D eigenvalue weighted by Gasteiger charge is 2.44. The molecule has 1 atom stereocenters. The molecule has 0 N–H and O–H groups in total. The van der Waals surface area contributed by atoms with Crippen LogP contribution in [0.4, 0.5) is 5.69 Å². The van der Waals surface area contributed by atoms with E-state index in [2.05, 4.69) is 22.9 Å². The number of amides is 1. The van der Waals surface area contributed by atoms with E-state index in [1.165, 1.54) is 0 Å². The van der Waals surface area contributed by atoms with Crippen molar-refractivity contribution in [3.63, 3.8) is 0 Å². The molecule has 0 saturated carbocycles. The molecule has 1 aromatic heterocycles. The maximum Gasteiger partial charge on any atom is 0.295 e. The summed E-state index contributed by atoms with van der Waals surface area (Å²) in [5, 5.41) is 0.419. The first-order chi connectivity index (χ1) is 18.3. The lowest BCUT2D eigenvalue weighted by Gasteiger charge is -2.26. The number of unbranched alkanes of at least 4 members (excludes halogenated alkanes) is 1. The molecule has 1 amide bonds. The molecule has 0 fully saturated rings. The Morgan fingerprint density at radius 2 is 1.74 bits per heavy atom. The summed E-state index contributed by atoms with van der Waals surface area (Å²) < 4.78 is 18.8. The molecule has 196 valence electrons. The van der Waals surface area contributed by atoms with Gasteiger partial charge in [0.2, 0.25) is 5.76 Å². The van der Waals surface area contributed by atoms with Gasteiger partial charge >= 0.3 is 0 Å². The molecule has 0 bridgehead atoms. The van der Waals surface area contributed by atoms with Crippen molar-refractivity contribution in [3.8, 4) is 11.5 Å². The smallest absolute Gasteiger partial charge is 0.295 e. The molecule has 0 aliphatic carbocycles. The Kier molecular flexibility index (Phi) is 7.30. The Morgan fingerprint density at radius 3 is 2.47 bits per heavy atom. The summed E-state index contributed by atoms with van der Waals surface area (Å²) in [5.74, 6) is 0.932. The summed E-state index contributed by atoms with van der Waals surface area (Å²) in [6, 6.07) is 16.0. The van der Waals surface area contributed by atoms with Crippen LogP contribution in [-0.4, -0.2) is 19.1 Å². The van der Waals surface area contributed by atoms with Crippen molar-refractivity contribution in [1.82, 2.24) is 0 Å². The standard InChI is InChI=1S/C31H30BrNO5/c1-5-7-14-37-25-12-9-20(16-26(25)36-6-2)28-27-29(34)23-17-21(32)10-13-24(23)38-30(27)31(35)33(28)22-11-8-18(3)19(4)15-22/h8-13,15-17,28H,5-7,14H2,1-4H3. The summed E-state index contributed by atoms with van der Waals surface area (Å²) in [4.78, 5) is 29.5. The summed E-state index contributed by atoms with van der Waals surface area (Å²) in [5.41, 5.74) is 4.07. The topological polar surface area (TPSA) is 69.0 Å². The van der Waals surface area contributed by atoms with E-state index >= 15 is 0 Å². The van der Waals surface area contributed by atoms with Gasteiger partial charge in [0.15, 0.2) is 16.9 Å². The number of carbonyl (C=O) groups excluding carboxylic acids is 1. The average Bonchev–Trinajstić information content (AvgIpc) is 3.19. The van der Waals surface area contributed by atoms with Crippen molar-refractivity contribution in [2.75, 3.05) is 18.1 Å². The largest absolute Gasteiger partial charge is 0.490 e. The number of nitrogens with zero attached hydrogens (tertiary/aromatic N) is 1. The van der Waals surface area contributed by atoms with Crippen molar-refractivity contribution in [2.24, 2.45) is 0 Å². The third-order valence-electron chi connectivity index (χ3n) is 6.94. The number of aryl methyl sites for hydroxylation is 2. The van der Waals surface area contributed by atoms with Crippen LogP contribution in [0.1, 0.15) is 65.5 Å². The number of carbonyl (C=O) groups is 1. The van der Waals surface area contributed by atoms with E-state index in [4.69, 9.17) is 13.9 Å². The van der Waals surface area contributed by atoms with Crippen LogP contribution in [0.25, 0.3) is 11.0 Å². The van der Waals surface area contributed by atoms with Gasteiger partial charge < -0.3 is 13.9 Å². The molecule has 1 aliphatic heterocycles. The van der Waals surface area contributed by atoms with Crippen LogP contribution in [0.15, 0.2) is 68.3 Å². The van der Waals surface area contributed by atoms with Gasteiger partial charge in [0, 0.05) is 10.2 Å². The second kappa shape index (κ2) is 10.7. The van der Waals surface area contributed by atoms with Crippen molar-refractivity contribution >= 4 is 38.5 Å². The molecule has 1 unspecified atom stereocenters. The van der Waals surface area contributed by atoms with Gasteiger partial charge in [0.05, 0.1) is 30.2 Å². The molecule has 7 heteroatoms. The predicted molar refractivity (Wildman–Crippen MR) is 153 cm³/mol. The lowest BCUT2D eigenvalue weighted by Crippen LogP contribution is -2.29. The number of benzene rings is 3. The van der Waals surface area contributed by atoms with E-state index in [0.29, 0.717) is 46.9 Å². The highest BCUT2D eigenvalue weighted by molar-refractivity contribution is 9.10. The van der Waals surface area contributed by atoms with E-state index < -0.39 is 6.04 Å². The van der Waals surface area contributed by atoms with E-state index in [1.807, 2.05) is 57.2 Å². The van der Waals surface area contributed by atoms with E-state index in [9.17, 15) is 9.59 Å². The molecule has 0 saturated heterocycles. The number of rotatable bonds is 8. The fourth-order valence-corrected chi connectivity index (χ4v) is 5.17. The number of ether oxygens (including phenoxy) is 2. The van der Waals surface area contributed by atoms with Crippen molar-refractivity contribution < 1.29 is 18.7 Å². The van der Waals surface area contributed by atoms with Gasteiger partial charge in [-0.05, 0) is 86.3 Å². The van der Waals surface area contributed by atoms with Gasteiger partial charge in [0.1, 0.15) is 5.58 Å². The highest BCUT2D eigenvalue weighted by Crippen LogP contribution is 2.43. The fraction of sp³-hybridized carbons (Fsp3) is 0.290. The Balaban J connectivity index is 1.73. The van der Waals surface area contributed by atoms with Crippen molar-refractivity contribution in [2.45, 2.75) is 46.6 Å². The van der Waals surface area contributed by atoms with Crippen molar-refractivity contribution in [3.05, 3.63) is 97.3 Å². The molecule has 3 aromatic carbocycles. The highest BCUT2D eigenvalue weighted by atomic mass is 79.9. The van der Waals surface area contributed by atoms with Crippen LogP contribution in [0.3, 0.4) is 0 Å². The Hall–Kier alpha value is -3.58. The number of hydrogen-bond acceptors (Lipinski definition) is 5. The maximum atomic E-state index is 13.9. The van der Waals surface area contributed by atoms with Crippen LogP contribution in [-0.2, 0) is 0 Å². The Morgan fingerprint density at radius 1 is 0.921 bits per heavy atom. The quantitative estimate of drug-likeness (QED) is 0.203. The lowest BCUT2D eigenvalue weighted by atomic mass is 9.97. The molecule has 38 heavy (non-hydrogen) atoms. The van der Waals surface area contributed by atoms with Crippen LogP contribution >= 0.6 is 15.9 Å².